The molecule has 0 bridgehead atoms. The van der Waals surface area contributed by atoms with Gasteiger partial charge in [-0.1, -0.05) is 13.0 Å². The molecule has 96 valence electrons. The van der Waals surface area contributed by atoms with E-state index < -0.39 is 11.6 Å². The van der Waals surface area contributed by atoms with E-state index in [1.54, 1.807) is 0 Å². The van der Waals surface area contributed by atoms with Crippen LogP contribution in [-0.2, 0) is 6.54 Å². The van der Waals surface area contributed by atoms with Crippen LogP contribution in [0.25, 0.3) is 0 Å². The van der Waals surface area contributed by atoms with Gasteiger partial charge in [0.15, 0.2) is 0 Å². The molecule has 0 saturated carbocycles. The highest BCUT2D eigenvalue weighted by Gasteiger charge is 2.20. The maximum atomic E-state index is 13.4. The molecule has 0 aliphatic carbocycles. The highest BCUT2D eigenvalue weighted by atomic mass is 35.5. The van der Waals surface area contributed by atoms with Crippen LogP contribution in [0.5, 0.6) is 0 Å². The lowest BCUT2D eigenvalue weighted by Crippen LogP contribution is -2.41. The summed E-state index contributed by atoms with van der Waals surface area (Å²) >= 11 is 5.73. The standard InChI is InChI=1S/C13H18ClF2N/c1-3-13(2,6-7-14)17-9-10-4-5-11(15)8-12(10)16/h4-5,8,17H,3,6-7,9H2,1-2H3. The molecule has 0 heterocycles. The van der Waals surface area contributed by atoms with E-state index in [2.05, 4.69) is 19.2 Å². The summed E-state index contributed by atoms with van der Waals surface area (Å²) in [5.41, 5.74) is 0.364. The van der Waals surface area contributed by atoms with Gasteiger partial charge in [0.25, 0.3) is 0 Å². The van der Waals surface area contributed by atoms with Crippen molar-refractivity contribution in [2.24, 2.45) is 0 Å². The predicted octanol–water partition coefficient (Wildman–Crippen LogP) is 3.85. The monoisotopic (exact) mass is 261 g/mol. The zero-order chi connectivity index (χ0) is 12.9. The fourth-order valence-corrected chi connectivity index (χ4v) is 1.99. The summed E-state index contributed by atoms with van der Waals surface area (Å²) in [6, 6.07) is 3.64. The number of benzene rings is 1. The van der Waals surface area contributed by atoms with Gasteiger partial charge in [0.2, 0.25) is 0 Å². The van der Waals surface area contributed by atoms with Gasteiger partial charge in [-0.15, -0.1) is 11.6 Å². The predicted molar refractivity (Wildman–Crippen MR) is 67.2 cm³/mol. The lowest BCUT2D eigenvalue weighted by molar-refractivity contribution is 0.328. The van der Waals surface area contributed by atoms with Gasteiger partial charge in [-0.2, -0.15) is 0 Å². The summed E-state index contributed by atoms with van der Waals surface area (Å²) < 4.78 is 26.1. The van der Waals surface area contributed by atoms with Gasteiger partial charge in [0.1, 0.15) is 11.6 Å². The van der Waals surface area contributed by atoms with Crippen molar-refractivity contribution in [1.29, 1.82) is 0 Å². The minimum absolute atomic E-state index is 0.109. The fraction of sp³-hybridized carbons (Fsp3) is 0.538. The molecule has 17 heavy (non-hydrogen) atoms. The van der Waals surface area contributed by atoms with E-state index in [0.717, 1.165) is 18.9 Å². The van der Waals surface area contributed by atoms with Crippen molar-refractivity contribution >= 4 is 11.6 Å². The van der Waals surface area contributed by atoms with Crippen molar-refractivity contribution in [2.75, 3.05) is 5.88 Å². The number of hydrogen-bond acceptors (Lipinski definition) is 1. The molecule has 0 radical (unpaired) electrons. The number of rotatable bonds is 6. The Morgan fingerprint density at radius 2 is 2.06 bits per heavy atom. The Bertz CT molecular complexity index is 370. The van der Waals surface area contributed by atoms with Crippen molar-refractivity contribution in [3.8, 4) is 0 Å². The normalized spacial score (nSPS) is 14.6. The molecule has 0 saturated heterocycles. The lowest BCUT2D eigenvalue weighted by atomic mass is 9.95. The van der Waals surface area contributed by atoms with Crippen LogP contribution in [0.1, 0.15) is 32.3 Å². The molecule has 0 fully saturated rings. The second kappa shape index (κ2) is 6.31. The molecule has 1 aromatic rings. The van der Waals surface area contributed by atoms with Crippen molar-refractivity contribution in [3.05, 3.63) is 35.4 Å². The molecular weight excluding hydrogens is 244 g/mol. The first-order chi connectivity index (χ1) is 8.00. The Labute approximate surface area is 106 Å². The van der Waals surface area contributed by atoms with Crippen molar-refractivity contribution in [1.82, 2.24) is 5.32 Å². The van der Waals surface area contributed by atoms with Crippen LogP contribution in [0.3, 0.4) is 0 Å². The highest BCUT2D eigenvalue weighted by molar-refractivity contribution is 6.17. The van der Waals surface area contributed by atoms with Crippen molar-refractivity contribution < 1.29 is 8.78 Å². The quantitative estimate of drug-likeness (QED) is 0.767. The largest absolute Gasteiger partial charge is 0.307 e. The Kier molecular flexibility index (Phi) is 5.34. The smallest absolute Gasteiger partial charge is 0.130 e. The molecule has 0 aliphatic rings. The first-order valence-electron chi connectivity index (χ1n) is 5.75. The van der Waals surface area contributed by atoms with E-state index in [1.807, 2.05) is 0 Å². The average molecular weight is 262 g/mol. The van der Waals surface area contributed by atoms with Gasteiger partial charge in [-0.05, 0) is 25.8 Å². The van der Waals surface area contributed by atoms with Gasteiger partial charge < -0.3 is 5.32 Å². The molecular formula is C13H18ClF2N. The molecule has 1 rings (SSSR count). The average Bonchev–Trinajstić information content (AvgIpc) is 2.28. The topological polar surface area (TPSA) is 12.0 Å². The summed E-state index contributed by atoms with van der Waals surface area (Å²) in [5, 5.41) is 3.28. The number of hydrogen-bond donors (Lipinski definition) is 1. The Balaban J connectivity index is 2.65. The number of halogens is 3. The molecule has 1 N–H and O–H groups in total. The van der Waals surface area contributed by atoms with Gasteiger partial charge >= 0.3 is 0 Å². The minimum Gasteiger partial charge on any atom is -0.307 e. The second-order valence-electron chi connectivity index (χ2n) is 4.44. The van der Waals surface area contributed by atoms with Crippen LogP contribution in [0.15, 0.2) is 18.2 Å². The minimum atomic E-state index is -0.551. The van der Waals surface area contributed by atoms with Gasteiger partial charge in [0, 0.05) is 29.6 Å². The molecule has 1 nitrogen and oxygen atoms in total. The third-order valence-corrected chi connectivity index (χ3v) is 3.34. The van der Waals surface area contributed by atoms with E-state index in [0.29, 0.717) is 18.0 Å². The first kappa shape index (κ1) is 14.4. The van der Waals surface area contributed by atoms with Gasteiger partial charge in [0.05, 0.1) is 0 Å². The van der Waals surface area contributed by atoms with Crippen LogP contribution in [0.2, 0.25) is 0 Å². The zero-order valence-electron chi connectivity index (χ0n) is 10.2. The molecule has 0 aromatic heterocycles. The molecule has 1 atom stereocenters. The zero-order valence-corrected chi connectivity index (χ0v) is 11.0. The molecule has 0 spiro atoms. The second-order valence-corrected chi connectivity index (χ2v) is 4.82. The van der Waals surface area contributed by atoms with Crippen LogP contribution in [0.4, 0.5) is 8.78 Å². The van der Waals surface area contributed by atoms with Crippen LogP contribution in [0, 0.1) is 11.6 Å². The Morgan fingerprint density at radius 1 is 1.35 bits per heavy atom. The summed E-state index contributed by atoms with van der Waals surface area (Å²) in [7, 11) is 0. The van der Waals surface area contributed by atoms with E-state index in [4.69, 9.17) is 11.6 Å². The molecule has 0 aliphatic heterocycles. The van der Waals surface area contributed by atoms with Crippen molar-refractivity contribution in [3.63, 3.8) is 0 Å². The van der Waals surface area contributed by atoms with Gasteiger partial charge in [-0.25, -0.2) is 8.78 Å². The summed E-state index contributed by atoms with van der Waals surface area (Å²) in [6.07, 6.45) is 1.72. The summed E-state index contributed by atoms with van der Waals surface area (Å²) in [4.78, 5) is 0. The number of alkyl halides is 1. The molecule has 0 amide bonds. The third-order valence-electron chi connectivity index (χ3n) is 3.15. The third kappa shape index (κ3) is 4.25. The van der Waals surface area contributed by atoms with Crippen LogP contribution < -0.4 is 5.32 Å². The molecule has 1 aromatic carbocycles. The summed E-state index contributed by atoms with van der Waals surface area (Å²) in [5.74, 6) is -0.504. The fourth-order valence-electron chi connectivity index (χ4n) is 1.57. The van der Waals surface area contributed by atoms with Crippen LogP contribution in [-0.4, -0.2) is 11.4 Å². The maximum absolute atomic E-state index is 13.4. The van der Waals surface area contributed by atoms with E-state index in [1.165, 1.54) is 12.1 Å². The van der Waals surface area contributed by atoms with Crippen molar-refractivity contribution in [2.45, 2.75) is 38.8 Å². The molecule has 1 unspecified atom stereocenters. The SMILES string of the molecule is CCC(C)(CCCl)NCc1ccc(F)cc1F. The van der Waals surface area contributed by atoms with E-state index in [-0.39, 0.29) is 5.54 Å². The number of nitrogens with one attached hydrogen (secondary N) is 1. The van der Waals surface area contributed by atoms with Gasteiger partial charge in [-0.3, -0.25) is 0 Å². The maximum Gasteiger partial charge on any atom is 0.130 e. The Hall–Kier alpha value is -0.670. The molecule has 4 heteroatoms. The Morgan fingerprint density at radius 3 is 2.59 bits per heavy atom. The van der Waals surface area contributed by atoms with E-state index in [9.17, 15) is 8.78 Å². The summed E-state index contributed by atoms with van der Waals surface area (Å²) in [6.45, 7) is 4.49. The first-order valence-corrected chi connectivity index (χ1v) is 6.29. The van der Waals surface area contributed by atoms with E-state index >= 15 is 0 Å². The van der Waals surface area contributed by atoms with Crippen LogP contribution >= 0.6 is 11.6 Å². The lowest BCUT2D eigenvalue weighted by Gasteiger charge is -2.29. The highest BCUT2D eigenvalue weighted by Crippen LogP contribution is 2.17.